The smallest absolute Gasteiger partial charge is 0.294 e. The maximum atomic E-state index is 12.6. The molecule has 0 radical (unpaired) electrons. The lowest BCUT2D eigenvalue weighted by molar-refractivity contribution is -0.136. The molecule has 0 saturated carbocycles. The van der Waals surface area contributed by atoms with Gasteiger partial charge in [-0.1, -0.05) is 0 Å². The molecule has 0 spiro atoms. The minimum atomic E-state index is -0.508. The van der Waals surface area contributed by atoms with Gasteiger partial charge >= 0.3 is 0 Å². The number of carbonyl (C=O) groups excluding carboxylic acids is 3. The Hall–Kier alpha value is -2.68. The van der Waals surface area contributed by atoms with Crippen LogP contribution in [0.5, 0.6) is 17.2 Å². The van der Waals surface area contributed by atoms with E-state index in [0.717, 1.165) is 35.9 Å². The quantitative estimate of drug-likeness (QED) is 0.750. The lowest BCUT2D eigenvalue weighted by Gasteiger charge is -2.27. The normalized spacial score (nSPS) is 18.7. The van der Waals surface area contributed by atoms with Crippen molar-refractivity contribution < 1.29 is 29.0 Å². The van der Waals surface area contributed by atoms with Crippen molar-refractivity contribution in [1.29, 1.82) is 0 Å². The van der Waals surface area contributed by atoms with Crippen LogP contribution in [0, 0.1) is 0 Å². The third-order valence-corrected chi connectivity index (χ3v) is 5.58. The summed E-state index contributed by atoms with van der Waals surface area (Å²) in [7, 11) is 2.80. The molecule has 150 valence electrons. The average Bonchev–Trinajstić information content (AvgIpc) is 2.97. The number of piperidine rings is 1. The average molecular weight is 406 g/mol. The highest BCUT2D eigenvalue weighted by Crippen LogP contribution is 2.39. The van der Waals surface area contributed by atoms with Crippen molar-refractivity contribution in [3.63, 3.8) is 0 Å². The summed E-state index contributed by atoms with van der Waals surface area (Å²) in [6, 6.07) is 3.06. The summed E-state index contributed by atoms with van der Waals surface area (Å²) < 4.78 is 10.2. The fraction of sp³-hybridized carbons (Fsp3) is 0.421. The van der Waals surface area contributed by atoms with Gasteiger partial charge in [0.25, 0.3) is 11.1 Å². The van der Waals surface area contributed by atoms with Crippen molar-refractivity contribution in [2.75, 3.05) is 33.9 Å². The summed E-state index contributed by atoms with van der Waals surface area (Å²) >= 11 is 0.780. The van der Waals surface area contributed by atoms with Gasteiger partial charge in [0.1, 0.15) is 6.54 Å². The van der Waals surface area contributed by atoms with Gasteiger partial charge in [0.15, 0.2) is 11.5 Å². The molecule has 2 heterocycles. The van der Waals surface area contributed by atoms with Crippen molar-refractivity contribution in [2.45, 2.75) is 19.3 Å². The van der Waals surface area contributed by atoms with Crippen molar-refractivity contribution in [2.24, 2.45) is 0 Å². The number of phenols is 1. The lowest BCUT2D eigenvalue weighted by atomic mass is 10.1. The zero-order chi connectivity index (χ0) is 20.3. The van der Waals surface area contributed by atoms with Crippen LogP contribution >= 0.6 is 11.8 Å². The molecule has 0 bridgehead atoms. The number of methoxy groups -OCH3 is 2. The molecule has 9 heteroatoms. The Bertz CT molecular complexity index is 807. The second kappa shape index (κ2) is 8.55. The fourth-order valence-corrected chi connectivity index (χ4v) is 4.00. The number of imide groups is 1. The van der Waals surface area contributed by atoms with Crippen LogP contribution in [0.25, 0.3) is 6.08 Å². The van der Waals surface area contributed by atoms with Gasteiger partial charge in [-0.25, -0.2) is 0 Å². The molecule has 2 saturated heterocycles. The number of amides is 3. The molecule has 2 aliphatic heterocycles. The molecular formula is C19H22N2O6S. The first-order chi connectivity index (χ1) is 13.4. The summed E-state index contributed by atoms with van der Waals surface area (Å²) in [5.41, 5.74) is 0.527. The Labute approximate surface area is 167 Å². The summed E-state index contributed by atoms with van der Waals surface area (Å²) in [4.78, 5) is 40.2. The zero-order valence-corrected chi connectivity index (χ0v) is 16.6. The molecule has 28 heavy (non-hydrogen) atoms. The predicted octanol–water partition coefficient (Wildman–Crippen LogP) is 2.46. The molecule has 0 unspecified atom stereocenters. The van der Waals surface area contributed by atoms with Gasteiger partial charge in [0.05, 0.1) is 19.1 Å². The maximum absolute atomic E-state index is 12.6. The number of carbonyl (C=O) groups is 3. The third-order valence-electron chi connectivity index (χ3n) is 4.68. The number of nitrogens with zero attached hydrogens (tertiary/aromatic N) is 2. The SMILES string of the molecule is COc1cc(/C=C2\SC(=O)N(CC(=O)N3CCCCC3)C2=O)cc(OC)c1O. The van der Waals surface area contributed by atoms with E-state index >= 15 is 0 Å². The highest BCUT2D eigenvalue weighted by molar-refractivity contribution is 8.18. The summed E-state index contributed by atoms with van der Waals surface area (Å²) in [6.07, 6.45) is 4.49. The van der Waals surface area contributed by atoms with Gasteiger partial charge in [-0.2, -0.15) is 0 Å². The minimum Gasteiger partial charge on any atom is -0.502 e. The summed E-state index contributed by atoms with van der Waals surface area (Å²) in [5.74, 6) is -0.500. The number of hydrogen-bond donors (Lipinski definition) is 1. The lowest BCUT2D eigenvalue weighted by Crippen LogP contribution is -2.44. The highest BCUT2D eigenvalue weighted by atomic mass is 32.2. The second-order valence-electron chi connectivity index (χ2n) is 6.48. The number of benzene rings is 1. The van der Waals surface area contributed by atoms with E-state index in [2.05, 4.69) is 0 Å². The Morgan fingerprint density at radius 1 is 1.14 bits per heavy atom. The number of aromatic hydroxyl groups is 1. The minimum absolute atomic E-state index is 0.151. The molecule has 1 N–H and O–H groups in total. The third kappa shape index (κ3) is 4.09. The first-order valence-electron chi connectivity index (χ1n) is 8.92. The Morgan fingerprint density at radius 2 is 1.75 bits per heavy atom. The molecular weight excluding hydrogens is 384 g/mol. The van der Waals surface area contributed by atoms with Crippen LogP contribution in [0.2, 0.25) is 0 Å². The molecule has 0 aromatic heterocycles. The second-order valence-corrected chi connectivity index (χ2v) is 7.48. The molecule has 8 nitrogen and oxygen atoms in total. The Balaban J connectivity index is 1.78. The van der Waals surface area contributed by atoms with Gasteiger partial charge in [0, 0.05) is 13.1 Å². The monoisotopic (exact) mass is 406 g/mol. The molecule has 2 aliphatic rings. The molecule has 3 rings (SSSR count). The Morgan fingerprint density at radius 3 is 2.32 bits per heavy atom. The van der Waals surface area contributed by atoms with E-state index < -0.39 is 11.1 Å². The molecule has 1 aromatic rings. The van der Waals surface area contributed by atoms with E-state index in [-0.39, 0.29) is 34.6 Å². The standard InChI is InChI=1S/C19H22N2O6S/c1-26-13-8-12(9-14(27-2)17(13)23)10-15-18(24)21(19(25)28-15)11-16(22)20-6-4-3-5-7-20/h8-10,23H,3-7,11H2,1-2H3/b15-10-. The van der Waals surface area contributed by atoms with E-state index in [4.69, 9.17) is 9.47 Å². The molecule has 1 aromatic carbocycles. The zero-order valence-electron chi connectivity index (χ0n) is 15.8. The predicted molar refractivity (Wildman–Crippen MR) is 104 cm³/mol. The van der Waals surface area contributed by atoms with E-state index in [9.17, 15) is 19.5 Å². The van der Waals surface area contributed by atoms with Crippen LogP contribution < -0.4 is 9.47 Å². The number of ether oxygens (including phenoxy) is 2. The molecule has 2 fully saturated rings. The van der Waals surface area contributed by atoms with Gasteiger partial charge in [-0.15, -0.1) is 0 Å². The molecule has 0 atom stereocenters. The number of phenolic OH excluding ortho intramolecular Hbond substituents is 1. The Kier molecular flexibility index (Phi) is 6.13. The van der Waals surface area contributed by atoms with Crippen LogP contribution in [0.15, 0.2) is 17.0 Å². The number of thioether (sulfide) groups is 1. The van der Waals surface area contributed by atoms with E-state index in [0.29, 0.717) is 18.7 Å². The van der Waals surface area contributed by atoms with Crippen LogP contribution in [-0.4, -0.2) is 65.8 Å². The van der Waals surface area contributed by atoms with Crippen molar-refractivity contribution in [1.82, 2.24) is 9.80 Å². The molecule has 0 aliphatic carbocycles. The largest absolute Gasteiger partial charge is 0.502 e. The summed E-state index contributed by atoms with van der Waals surface area (Å²) in [5, 5.41) is 9.51. The topological polar surface area (TPSA) is 96.4 Å². The first kappa shape index (κ1) is 20.1. The fourth-order valence-electron chi connectivity index (χ4n) is 3.16. The van der Waals surface area contributed by atoms with Gasteiger partial charge < -0.3 is 19.5 Å². The van der Waals surface area contributed by atoms with Crippen LogP contribution in [0.4, 0.5) is 4.79 Å². The van der Waals surface area contributed by atoms with Crippen LogP contribution in [-0.2, 0) is 9.59 Å². The number of likely N-dealkylation sites (tertiary alicyclic amines) is 1. The van der Waals surface area contributed by atoms with Crippen molar-refractivity contribution in [3.05, 3.63) is 22.6 Å². The van der Waals surface area contributed by atoms with Gasteiger partial charge in [-0.3, -0.25) is 19.3 Å². The highest BCUT2D eigenvalue weighted by Gasteiger charge is 2.37. The number of rotatable bonds is 5. The molecule has 3 amide bonds. The van der Waals surface area contributed by atoms with E-state index in [1.54, 1.807) is 4.90 Å². The maximum Gasteiger partial charge on any atom is 0.294 e. The summed E-state index contributed by atoms with van der Waals surface area (Å²) in [6.45, 7) is 1.08. The van der Waals surface area contributed by atoms with Gasteiger partial charge in [0.2, 0.25) is 11.7 Å². The van der Waals surface area contributed by atoms with Gasteiger partial charge in [-0.05, 0) is 54.8 Å². The van der Waals surface area contributed by atoms with Crippen LogP contribution in [0.3, 0.4) is 0 Å². The van der Waals surface area contributed by atoms with Crippen LogP contribution in [0.1, 0.15) is 24.8 Å². The van der Waals surface area contributed by atoms with E-state index in [1.807, 2.05) is 0 Å². The van der Waals surface area contributed by atoms with Crippen molar-refractivity contribution in [3.8, 4) is 17.2 Å². The number of hydrogen-bond acceptors (Lipinski definition) is 7. The van der Waals surface area contributed by atoms with E-state index in [1.165, 1.54) is 32.4 Å². The first-order valence-corrected chi connectivity index (χ1v) is 9.74. The van der Waals surface area contributed by atoms with Crippen molar-refractivity contribution >= 4 is 34.9 Å².